The molecular weight excluding hydrogens is 214 g/mol. The highest BCUT2D eigenvalue weighted by Crippen LogP contribution is 2.28. The Morgan fingerprint density at radius 2 is 1.88 bits per heavy atom. The lowest BCUT2D eigenvalue weighted by molar-refractivity contribution is -0.118. The van der Waals surface area contributed by atoms with Crippen molar-refractivity contribution in [3.8, 4) is 0 Å². The molecule has 0 bridgehead atoms. The summed E-state index contributed by atoms with van der Waals surface area (Å²) in [4.78, 5) is 11.3. The molecule has 0 spiro atoms. The minimum Gasteiger partial charge on any atom is -0.381 e. The van der Waals surface area contributed by atoms with E-state index in [-0.39, 0.29) is 0 Å². The van der Waals surface area contributed by atoms with E-state index in [0.717, 1.165) is 32.5 Å². The molecule has 0 radical (unpaired) electrons. The largest absolute Gasteiger partial charge is 0.381 e. The Hall–Kier alpha value is -0.410. The zero-order chi connectivity index (χ0) is 12.1. The molecule has 98 valence electrons. The highest BCUT2D eigenvalue weighted by atomic mass is 16.5. The summed E-state index contributed by atoms with van der Waals surface area (Å²) in [6, 6.07) is 1.18. The Morgan fingerprint density at radius 1 is 1.18 bits per heavy atom. The number of hydrogen-bond acceptors (Lipinski definition) is 3. The smallest absolute Gasteiger partial charge is 0.130 e. The quantitative estimate of drug-likeness (QED) is 0.818. The lowest BCUT2D eigenvalue weighted by atomic mass is 9.81. The molecular formula is C14H25NO2. The number of carbonyl (C=O) groups is 1. The Bertz CT molecular complexity index is 249. The van der Waals surface area contributed by atoms with Gasteiger partial charge in [0.05, 0.1) is 0 Å². The third-order valence-corrected chi connectivity index (χ3v) is 4.13. The van der Waals surface area contributed by atoms with E-state index in [1.54, 1.807) is 6.92 Å². The van der Waals surface area contributed by atoms with Crippen molar-refractivity contribution in [2.24, 2.45) is 5.92 Å². The van der Waals surface area contributed by atoms with Gasteiger partial charge in [-0.3, -0.25) is 0 Å². The van der Waals surface area contributed by atoms with Gasteiger partial charge in [0, 0.05) is 31.7 Å². The summed E-state index contributed by atoms with van der Waals surface area (Å²) < 4.78 is 5.39. The molecule has 3 nitrogen and oxygen atoms in total. The molecule has 0 aromatic carbocycles. The van der Waals surface area contributed by atoms with Crippen molar-refractivity contribution in [1.82, 2.24) is 5.32 Å². The van der Waals surface area contributed by atoms with Gasteiger partial charge in [-0.1, -0.05) is 12.8 Å². The van der Waals surface area contributed by atoms with Crippen molar-refractivity contribution in [1.29, 1.82) is 0 Å². The lowest BCUT2D eigenvalue weighted by Crippen LogP contribution is -2.46. The summed E-state index contributed by atoms with van der Waals surface area (Å²) in [5.41, 5.74) is 0. The molecule has 0 aromatic rings. The maximum Gasteiger partial charge on any atom is 0.130 e. The minimum atomic E-state index is 0.343. The van der Waals surface area contributed by atoms with Gasteiger partial charge in [-0.2, -0.15) is 0 Å². The first kappa shape index (κ1) is 13.0. The van der Waals surface area contributed by atoms with Crippen molar-refractivity contribution in [2.45, 2.75) is 64.0 Å². The van der Waals surface area contributed by atoms with Crippen LogP contribution >= 0.6 is 0 Å². The van der Waals surface area contributed by atoms with E-state index in [4.69, 9.17) is 4.74 Å². The van der Waals surface area contributed by atoms with Crippen LogP contribution < -0.4 is 5.32 Å². The molecule has 1 aliphatic carbocycles. The first-order chi connectivity index (χ1) is 8.25. The van der Waals surface area contributed by atoms with Gasteiger partial charge in [0.15, 0.2) is 0 Å². The van der Waals surface area contributed by atoms with Crippen molar-refractivity contribution >= 4 is 5.78 Å². The van der Waals surface area contributed by atoms with E-state index >= 15 is 0 Å². The van der Waals surface area contributed by atoms with Crippen molar-refractivity contribution in [2.75, 3.05) is 13.2 Å². The second kappa shape index (κ2) is 6.50. The average molecular weight is 239 g/mol. The van der Waals surface area contributed by atoms with Crippen LogP contribution in [0.25, 0.3) is 0 Å². The Labute approximate surface area is 104 Å². The number of Topliss-reactive ketones (excluding diaryl/α,β-unsaturated/α-hetero) is 1. The minimum absolute atomic E-state index is 0.343. The van der Waals surface area contributed by atoms with Crippen LogP contribution in [0.15, 0.2) is 0 Å². The Balaban J connectivity index is 1.84. The van der Waals surface area contributed by atoms with Gasteiger partial charge >= 0.3 is 0 Å². The van der Waals surface area contributed by atoms with Gasteiger partial charge in [-0.25, -0.2) is 0 Å². The van der Waals surface area contributed by atoms with Crippen LogP contribution in [-0.2, 0) is 9.53 Å². The van der Waals surface area contributed by atoms with Crippen LogP contribution in [0.2, 0.25) is 0 Å². The standard InChI is InChI=1S/C14H25NO2/c1-11(16)10-12-4-2-3-5-14(12)15-13-6-8-17-9-7-13/h12-15H,2-10H2,1H3. The van der Waals surface area contributed by atoms with Crippen molar-refractivity contribution in [3.63, 3.8) is 0 Å². The molecule has 0 amide bonds. The Kier molecular flexibility index (Phi) is 4.99. The third kappa shape index (κ3) is 4.07. The van der Waals surface area contributed by atoms with Gasteiger partial charge < -0.3 is 14.8 Å². The van der Waals surface area contributed by atoms with E-state index in [9.17, 15) is 4.79 Å². The van der Waals surface area contributed by atoms with Gasteiger partial charge in [0.1, 0.15) is 5.78 Å². The van der Waals surface area contributed by atoms with E-state index in [1.807, 2.05) is 0 Å². The van der Waals surface area contributed by atoms with Gasteiger partial charge in [-0.15, -0.1) is 0 Å². The molecule has 2 atom stereocenters. The zero-order valence-corrected chi connectivity index (χ0v) is 10.9. The molecule has 1 aliphatic heterocycles. The first-order valence-electron chi connectivity index (χ1n) is 7.09. The molecule has 1 saturated carbocycles. The number of carbonyl (C=O) groups excluding carboxylic acids is 1. The van der Waals surface area contributed by atoms with Gasteiger partial charge in [-0.05, 0) is 38.5 Å². The normalized spacial score (nSPS) is 31.4. The first-order valence-corrected chi connectivity index (χ1v) is 7.09. The molecule has 2 aliphatic rings. The number of ether oxygens (including phenoxy) is 1. The number of rotatable bonds is 4. The van der Waals surface area contributed by atoms with Crippen LogP contribution in [0, 0.1) is 5.92 Å². The molecule has 3 heteroatoms. The SMILES string of the molecule is CC(=O)CC1CCCCC1NC1CCOCC1. The number of nitrogens with one attached hydrogen (secondary N) is 1. The van der Waals surface area contributed by atoms with Crippen LogP contribution in [0.5, 0.6) is 0 Å². The molecule has 1 N–H and O–H groups in total. The van der Waals surface area contributed by atoms with Crippen LogP contribution in [0.1, 0.15) is 51.9 Å². The average Bonchev–Trinajstić information content (AvgIpc) is 2.32. The highest BCUT2D eigenvalue weighted by Gasteiger charge is 2.28. The fraction of sp³-hybridized carbons (Fsp3) is 0.929. The Morgan fingerprint density at radius 3 is 2.59 bits per heavy atom. The fourth-order valence-corrected chi connectivity index (χ4v) is 3.21. The molecule has 1 saturated heterocycles. The maximum absolute atomic E-state index is 11.3. The third-order valence-electron chi connectivity index (χ3n) is 4.13. The summed E-state index contributed by atoms with van der Waals surface area (Å²) in [6.07, 6.45) is 8.10. The summed E-state index contributed by atoms with van der Waals surface area (Å²) in [7, 11) is 0. The molecule has 2 unspecified atom stereocenters. The topological polar surface area (TPSA) is 38.3 Å². The summed E-state index contributed by atoms with van der Waals surface area (Å²) in [5, 5.41) is 3.78. The summed E-state index contributed by atoms with van der Waals surface area (Å²) in [5.74, 6) is 0.916. The second-order valence-corrected chi connectivity index (χ2v) is 5.61. The van der Waals surface area contributed by atoms with Crippen LogP contribution in [0.4, 0.5) is 0 Å². The highest BCUT2D eigenvalue weighted by molar-refractivity contribution is 5.75. The molecule has 2 fully saturated rings. The predicted molar refractivity (Wildman–Crippen MR) is 68.0 cm³/mol. The van der Waals surface area contributed by atoms with E-state index in [1.165, 1.54) is 25.7 Å². The number of hydrogen-bond donors (Lipinski definition) is 1. The van der Waals surface area contributed by atoms with E-state index in [2.05, 4.69) is 5.32 Å². The van der Waals surface area contributed by atoms with Gasteiger partial charge in [0.2, 0.25) is 0 Å². The van der Waals surface area contributed by atoms with Crippen molar-refractivity contribution < 1.29 is 9.53 Å². The van der Waals surface area contributed by atoms with E-state index < -0.39 is 0 Å². The van der Waals surface area contributed by atoms with E-state index in [0.29, 0.717) is 23.8 Å². The van der Waals surface area contributed by atoms with Crippen molar-refractivity contribution in [3.05, 3.63) is 0 Å². The van der Waals surface area contributed by atoms with Gasteiger partial charge in [0.25, 0.3) is 0 Å². The summed E-state index contributed by atoms with van der Waals surface area (Å²) >= 11 is 0. The molecule has 17 heavy (non-hydrogen) atoms. The molecule has 0 aromatic heterocycles. The molecule has 2 rings (SSSR count). The maximum atomic E-state index is 11.3. The lowest BCUT2D eigenvalue weighted by Gasteiger charge is -2.36. The van der Waals surface area contributed by atoms with Crippen LogP contribution in [-0.4, -0.2) is 31.1 Å². The zero-order valence-electron chi connectivity index (χ0n) is 10.9. The number of ketones is 1. The monoisotopic (exact) mass is 239 g/mol. The predicted octanol–water partition coefficient (Wildman–Crippen LogP) is 2.29. The molecule has 1 heterocycles. The fourth-order valence-electron chi connectivity index (χ4n) is 3.21. The summed E-state index contributed by atoms with van der Waals surface area (Å²) in [6.45, 7) is 3.50. The van der Waals surface area contributed by atoms with Crippen LogP contribution in [0.3, 0.4) is 0 Å². The second-order valence-electron chi connectivity index (χ2n) is 5.61.